The Balaban J connectivity index is 1.49. The average Bonchev–Trinajstić information content (AvgIpc) is 3.60. The minimum absolute atomic E-state index is 0.0292. The van der Waals surface area contributed by atoms with Crippen LogP contribution < -0.4 is 5.32 Å². The number of nitrogens with zero attached hydrogens (tertiary/aromatic N) is 3. The van der Waals surface area contributed by atoms with Crippen molar-refractivity contribution >= 4 is 57.6 Å². The van der Waals surface area contributed by atoms with E-state index in [1.807, 2.05) is 26.0 Å². The quantitative estimate of drug-likeness (QED) is 0.552. The van der Waals surface area contributed by atoms with Gasteiger partial charge in [0.15, 0.2) is 5.13 Å². The molecule has 1 aromatic carbocycles. The van der Waals surface area contributed by atoms with Gasteiger partial charge in [0.2, 0.25) is 11.8 Å². The summed E-state index contributed by atoms with van der Waals surface area (Å²) < 4.78 is 0.914. The smallest absolute Gasteiger partial charge is 0.255 e. The van der Waals surface area contributed by atoms with Crippen LogP contribution in [0.1, 0.15) is 42.1 Å². The molecule has 3 amide bonds. The second kappa shape index (κ2) is 10.5. The first-order valence-corrected chi connectivity index (χ1v) is 13.2. The van der Waals surface area contributed by atoms with Crippen LogP contribution in [-0.4, -0.2) is 58.2 Å². The lowest BCUT2D eigenvalue weighted by Crippen LogP contribution is -2.43. The number of amides is 3. The first-order chi connectivity index (χ1) is 16.3. The Morgan fingerprint density at radius 1 is 1.29 bits per heavy atom. The van der Waals surface area contributed by atoms with Crippen molar-refractivity contribution in [3.05, 3.63) is 47.1 Å². The van der Waals surface area contributed by atoms with Gasteiger partial charge in [0.1, 0.15) is 0 Å². The summed E-state index contributed by atoms with van der Waals surface area (Å²) in [5, 5.41) is 3.86. The van der Waals surface area contributed by atoms with Gasteiger partial charge in [-0.05, 0) is 56.9 Å². The minimum Gasteiger partial charge on any atom is -0.336 e. The van der Waals surface area contributed by atoms with Crippen molar-refractivity contribution in [3.63, 3.8) is 0 Å². The Morgan fingerprint density at radius 3 is 2.76 bits per heavy atom. The molecule has 2 aliphatic rings. The maximum atomic E-state index is 13.4. The molecule has 7 nitrogen and oxygen atoms in total. The normalized spacial score (nSPS) is 18.4. The molecule has 180 valence electrons. The van der Waals surface area contributed by atoms with Crippen LogP contribution in [-0.2, 0) is 9.59 Å². The van der Waals surface area contributed by atoms with E-state index in [0.29, 0.717) is 41.8 Å². The van der Waals surface area contributed by atoms with Gasteiger partial charge in [-0.1, -0.05) is 41.3 Å². The van der Waals surface area contributed by atoms with Crippen molar-refractivity contribution in [2.75, 3.05) is 25.0 Å². The van der Waals surface area contributed by atoms with Crippen LogP contribution in [0.2, 0.25) is 5.02 Å². The van der Waals surface area contributed by atoms with E-state index in [9.17, 15) is 14.4 Å². The van der Waals surface area contributed by atoms with Crippen molar-refractivity contribution in [2.45, 2.75) is 48.3 Å². The summed E-state index contributed by atoms with van der Waals surface area (Å²) in [7, 11) is 0. The molecular weight excluding hydrogens is 492 g/mol. The number of nitrogens with one attached hydrogen (secondary N) is 1. The summed E-state index contributed by atoms with van der Waals surface area (Å²) in [5.41, 5.74) is 1.40. The number of aromatic nitrogens is 1. The van der Waals surface area contributed by atoms with E-state index in [2.05, 4.69) is 16.9 Å². The summed E-state index contributed by atoms with van der Waals surface area (Å²) in [5.74, 6) is -0.114. The number of benzene rings is 1. The molecule has 0 radical (unpaired) electrons. The van der Waals surface area contributed by atoms with Gasteiger partial charge in [0.25, 0.3) is 5.91 Å². The fourth-order valence-electron chi connectivity index (χ4n) is 3.91. The third-order valence-corrected chi connectivity index (χ3v) is 8.44. The standard InChI is InChI=1S/C24H27ClN4O3S2/c1-4-20(30)29-9-5-8-28(13-15(29)3)23(32)17-11-19(14(2)10-18(17)25)33-21-12-26-24(34-21)27-22(31)16-6-7-16/h4,10-12,15-16H,1,5-9,13H2,2-3H3,(H,26,27,31). The summed E-state index contributed by atoms with van der Waals surface area (Å²) in [4.78, 5) is 46.3. The monoisotopic (exact) mass is 518 g/mol. The first-order valence-electron chi connectivity index (χ1n) is 11.2. The number of aryl methyl sites for hydroxylation is 1. The van der Waals surface area contributed by atoms with E-state index in [1.54, 1.807) is 16.0 Å². The van der Waals surface area contributed by atoms with Crippen molar-refractivity contribution in [1.29, 1.82) is 0 Å². The van der Waals surface area contributed by atoms with Gasteiger partial charge in [0, 0.05) is 36.5 Å². The molecule has 1 saturated heterocycles. The van der Waals surface area contributed by atoms with Gasteiger partial charge in [0.05, 0.1) is 21.0 Å². The zero-order chi connectivity index (χ0) is 24.4. The van der Waals surface area contributed by atoms with E-state index in [1.165, 1.54) is 29.2 Å². The molecule has 1 atom stereocenters. The molecule has 1 saturated carbocycles. The number of carbonyl (C=O) groups excluding carboxylic acids is 3. The highest BCUT2D eigenvalue weighted by Gasteiger charge is 2.30. The van der Waals surface area contributed by atoms with Crippen LogP contribution in [0.25, 0.3) is 0 Å². The summed E-state index contributed by atoms with van der Waals surface area (Å²) in [6.45, 7) is 9.04. The van der Waals surface area contributed by atoms with E-state index in [4.69, 9.17) is 11.6 Å². The molecule has 1 aromatic heterocycles. The average molecular weight is 519 g/mol. The number of carbonyl (C=O) groups is 3. The number of hydrogen-bond acceptors (Lipinski definition) is 6. The maximum absolute atomic E-state index is 13.4. The molecule has 0 bridgehead atoms. The van der Waals surface area contributed by atoms with Gasteiger partial charge >= 0.3 is 0 Å². The van der Waals surface area contributed by atoms with Gasteiger partial charge < -0.3 is 15.1 Å². The van der Waals surface area contributed by atoms with Crippen LogP contribution >= 0.6 is 34.7 Å². The van der Waals surface area contributed by atoms with Crippen molar-refractivity contribution < 1.29 is 14.4 Å². The van der Waals surface area contributed by atoms with E-state index >= 15 is 0 Å². The lowest BCUT2D eigenvalue weighted by atomic mass is 10.1. The zero-order valence-electron chi connectivity index (χ0n) is 19.2. The number of rotatable bonds is 6. The van der Waals surface area contributed by atoms with Crippen LogP contribution in [0.15, 0.2) is 40.1 Å². The second-order valence-electron chi connectivity index (χ2n) is 8.64. The number of anilines is 1. The van der Waals surface area contributed by atoms with Gasteiger partial charge in [-0.3, -0.25) is 14.4 Å². The summed E-state index contributed by atoms with van der Waals surface area (Å²) >= 11 is 9.41. The topological polar surface area (TPSA) is 82.6 Å². The Labute approximate surface area is 212 Å². The Bertz CT molecular complexity index is 1130. The molecular formula is C24H27ClN4O3S2. The molecule has 1 unspecified atom stereocenters. The third kappa shape index (κ3) is 5.64. The van der Waals surface area contributed by atoms with E-state index in [-0.39, 0.29) is 29.7 Å². The minimum atomic E-state index is -0.145. The second-order valence-corrected chi connectivity index (χ2v) is 11.4. The van der Waals surface area contributed by atoms with Crippen LogP contribution in [0.4, 0.5) is 5.13 Å². The van der Waals surface area contributed by atoms with Gasteiger partial charge in [-0.2, -0.15) is 0 Å². The van der Waals surface area contributed by atoms with Crippen molar-refractivity contribution in [2.24, 2.45) is 5.92 Å². The Hall–Kier alpha value is -2.36. The highest BCUT2D eigenvalue weighted by Crippen LogP contribution is 2.38. The Kier molecular flexibility index (Phi) is 7.64. The van der Waals surface area contributed by atoms with Gasteiger partial charge in [-0.15, -0.1) is 0 Å². The molecule has 2 fully saturated rings. The van der Waals surface area contributed by atoms with E-state index in [0.717, 1.165) is 27.5 Å². The molecule has 0 spiro atoms. The summed E-state index contributed by atoms with van der Waals surface area (Å²) in [6.07, 6.45) is 5.62. The van der Waals surface area contributed by atoms with Crippen molar-refractivity contribution in [3.8, 4) is 0 Å². The largest absolute Gasteiger partial charge is 0.336 e. The summed E-state index contributed by atoms with van der Waals surface area (Å²) in [6, 6.07) is 3.52. The molecule has 1 aliphatic carbocycles. The van der Waals surface area contributed by atoms with Gasteiger partial charge in [-0.25, -0.2) is 4.98 Å². The number of thiazole rings is 1. The first kappa shape index (κ1) is 24.8. The van der Waals surface area contributed by atoms with E-state index < -0.39 is 0 Å². The molecule has 2 heterocycles. The molecule has 10 heteroatoms. The molecule has 4 rings (SSSR count). The lowest BCUT2D eigenvalue weighted by molar-refractivity contribution is -0.127. The zero-order valence-corrected chi connectivity index (χ0v) is 21.6. The van der Waals surface area contributed by atoms with Crippen LogP contribution in [0.5, 0.6) is 0 Å². The lowest BCUT2D eigenvalue weighted by Gasteiger charge is -2.28. The fourth-order valence-corrected chi connectivity index (χ4v) is 6.16. The molecule has 1 aliphatic heterocycles. The molecule has 1 N–H and O–H groups in total. The highest BCUT2D eigenvalue weighted by molar-refractivity contribution is 8.01. The third-order valence-electron chi connectivity index (χ3n) is 5.96. The predicted octanol–water partition coefficient (Wildman–Crippen LogP) is 4.85. The fraction of sp³-hybridized carbons (Fsp3) is 0.417. The Morgan fingerprint density at radius 2 is 2.06 bits per heavy atom. The number of halogens is 1. The highest BCUT2D eigenvalue weighted by atomic mass is 35.5. The van der Waals surface area contributed by atoms with Crippen LogP contribution in [0, 0.1) is 12.8 Å². The SMILES string of the molecule is C=CC(=O)N1CCCN(C(=O)c2cc(Sc3cnc(NC(=O)C4CC4)s3)c(C)cc2Cl)CC1C. The molecule has 34 heavy (non-hydrogen) atoms. The number of hydrogen-bond donors (Lipinski definition) is 1. The molecule has 2 aromatic rings. The van der Waals surface area contributed by atoms with Crippen LogP contribution in [0.3, 0.4) is 0 Å². The maximum Gasteiger partial charge on any atom is 0.255 e. The van der Waals surface area contributed by atoms with Crippen molar-refractivity contribution in [1.82, 2.24) is 14.8 Å². The predicted molar refractivity (Wildman–Crippen MR) is 136 cm³/mol.